The van der Waals surface area contributed by atoms with E-state index in [-0.39, 0.29) is 0 Å². The van der Waals surface area contributed by atoms with Crippen molar-refractivity contribution in [1.82, 2.24) is 9.97 Å². The quantitative estimate of drug-likeness (QED) is 0.765. The molecule has 1 aromatic heterocycles. The molecule has 0 saturated carbocycles. The molecule has 0 saturated heterocycles. The molecule has 3 aromatic rings. The van der Waals surface area contributed by atoms with Crippen LogP contribution >= 0.6 is 0 Å². The van der Waals surface area contributed by atoms with Crippen LogP contribution in [0.15, 0.2) is 49.0 Å². The highest BCUT2D eigenvalue weighted by Gasteiger charge is 2.09. The van der Waals surface area contributed by atoms with Crippen LogP contribution in [-0.2, 0) is 4.74 Å². The maximum Gasteiger partial charge on any atom is 0.413 e. The van der Waals surface area contributed by atoms with Crippen LogP contribution in [0.1, 0.15) is 11.1 Å². The van der Waals surface area contributed by atoms with Crippen LogP contribution in [-0.4, -0.2) is 30.3 Å². The summed E-state index contributed by atoms with van der Waals surface area (Å²) in [6.07, 6.45) is -0.572. The second-order valence-corrected chi connectivity index (χ2v) is 5.14. The van der Waals surface area contributed by atoms with Gasteiger partial charge in [-0.05, 0) is 41.0 Å². The molecule has 0 spiro atoms. The third-order valence-electron chi connectivity index (χ3n) is 3.68. The first kappa shape index (κ1) is 15.6. The van der Waals surface area contributed by atoms with Crippen molar-refractivity contribution in [2.24, 2.45) is 0 Å². The lowest BCUT2D eigenvalue weighted by Crippen LogP contribution is -2.11. The average Bonchev–Trinajstić information content (AvgIpc) is 3.02. The monoisotopic (exact) mass is 323 g/mol. The fourth-order valence-electron chi connectivity index (χ4n) is 2.36. The largest absolute Gasteiger partial charge is 0.497 e. The van der Waals surface area contributed by atoms with Gasteiger partial charge in [-0.15, -0.1) is 0 Å². The van der Waals surface area contributed by atoms with Crippen LogP contribution in [0.5, 0.6) is 5.75 Å². The van der Waals surface area contributed by atoms with Gasteiger partial charge in [0.15, 0.2) is 0 Å². The van der Waals surface area contributed by atoms with E-state index in [1.54, 1.807) is 7.11 Å². The average molecular weight is 323 g/mol. The van der Waals surface area contributed by atoms with Crippen molar-refractivity contribution in [2.45, 2.75) is 0 Å². The molecule has 0 bridgehead atoms. The van der Waals surface area contributed by atoms with E-state index in [4.69, 9.17) is 4.74 Å². The molecule has 1 heterocycles. The number of nitrogens with one attached hydrogen (secondary N) is 2. The number of carbonyl (C=O) groups excluding carboxylic acids is 1. The number of carbonyl (C=O) groups is 1. The molecule has 0 radical (unpaired) electrons. The van der Waals surface area contributed by atoms with E-state index in [9.17, 15) is 4.79 Å². The predicted octanol–water partition coefficient (Wildman–Crippen LogP) is 3.81. The van der Waals surface area contributed by atoms with Crippen LogP contribution in [0, 0.1) is 0 Å². The molecule has 1 amide bonds. The number of amides is 1. The highest BCUT2D eigenvalue weighted by atomic mass is 16.5. The van der Waals surface area contributed by atoms with Crippen molar-refractivity contribution >= 4 is 28.6 Å². The summed E-state index contributed by atoms with van der Waals surface area (Å²) in [5.74, 6) is 1.14. The Morgan fingerprint density at radius 1 is 1.12 bits per heavy atom. The first-order valence-corrected chi connectivity index (χ1v) is 7.29. The molecule has 6 nitrogen and oxygen atoms in total. The van der Waals surface area contributed by atoms with Gasteiger partial charge in [-0.25, -0.2) is 9.78 Å². The molecular weight excluding hydrogens is 306 g/mol. The van der Waals surface area contributed by atoms with Crippen LogP contribution in [0.25, 0.3) is 16.6 Å². The van der Waals surface area contributed by atoms with Gasteiger partial charge in [0, 0.05) is 0 Å². The van der Waals surface area contributed by atoms with Gasteiger partial charge in [0.2, 0.25) is 5.95 Å². The fraction of sp³-hybridized carbons (Fsp3) is 0.111. The van der Waals surface area contributed by atoms with Gasteiger partial charge < -0.3 is 14.5 Å². The molecule has 122 valence electrons. The Hall–Kier alpha value is -3.28. The molecule has 6 heteroatoms. The Balaban J connectivity index is 1.88. The van der Waals surface area contributed by atoms with Crippen molar-refractivity contribution in [3.8, 4) is 5.75 Å². The number of imidazole rings is 1. The number of aromatic nitrogens is 2. The summed E-state index contributed by atoms with van der Waals surface area (Å²) >= 11 is 0. The molecule has 0 aliphatic carbocycles. The number of hydrogen-bond acceptors (Lipinski definition) is 4. The molecule has 0 unspecified atom stereocenters. The van der Waals surface area contributed by atoms with E-state index in [1.807, 2.05) is 42.5 Å². The normalized spacial score (nSPS) is 10.4. The topological polar surface area (TPSA) is 76.2 Å². The van der Waals surface area contributed by atoms with Gasteiger partial charge in [-0.1, -0.05) is 24.8 Å². The summed E-state index contributed by atoms with van der Waals surface area (Å²) in [6.45, 7) is 4.16. The summed E-state index contributed by atoms with van der Waals surface area (Å²) in [5.41, 5.74) is 4.37. The summed E-state index contributed by atoms with van der Waals surface area (Å²) in [4.78, 5) is 18.6. The highest BCUT2D eigenvalue weighted by Crippen LogP contribution is 2.26. The van der Waals surface area contributed by atoms with Gasteiger partial charge in [0.1, 0.15) is 5.75 Å². The van der Waals surface area contributed by atoms with Gasteiger partial charge in [-0.3, -0.25) is 5.32 Å². The third-order valence-corrected chi connectivity index (χ3v) is 3.68. The summed E-state index contributed by atoms with van der Waals surface area (Å²) in [6, 6.07) is 13.5. The molecule has 0 atom stereocenters. The maximum atomic E-state index is 11.3. The van der Waals surface area contributed by atoms with Crippen molar-refractivity contribution in [3.63, 3.8) is 0 Å². The minimum absolute atomic E-state index is 0.337. The van der Waals surface area contributed by atoms with Crippen LogP contribution in [0.3, 0.4) is 0 Å². The highest BCUT2D eigenvalue weighted by molar-refractivity contribution is 5.89. The van der Waals surface area contributed by atoms with E-state index in [0.717, 1.165) is 33.5 Å². The SMILES string of the molecule is C=C(c1ccc(OC)cc1)c1ccc2[nH]c(NC(=O)OC)nc2c1. The van der Waals surface area contributed by atoms with E-state index >= 15 is 0 Å². The zero-order valence-corrected chi connectivity index (χ0v) is 13.4. The molecule has 0 aliphatic heterocycles. The Labute approximate surface area is 139 Å². The number of benzene rings is 2. The van der Waals surface area contributed by atoms with Crippen LogP contribution in [0.4, 0.5) is 10.7 Å². The van der Waals surface area contributed by atoms with Gasteiger partial charge in [0.25, 0.3) is 0 Å². The molecule has 0 aliphatic rings. The van der Waals surface area contributed by atoms with Crippen molar-refractivity contribution < 1.29 is 14.3 Å². The Bertz CT molecular complexity index is 898. The Kier molecular flexibility index (Phi) is 4.20. The van der Waals surface area contributed by atoms with Crippen molar-refractivity contribution in [3.05, 3.63) is 60.2 Å². The molecule has 0 fully saturated rings. The Morgan fingerprint density at radius 3 is 2.50 bits per heavy atom. The minimum Gasteiger partial charge on any atom is -0.497 e. The number of hydrogen-bond donors (Lipinski definition) is 2. The number of rotatable bonds is 4. The number of anilines is 1. The zero-order chi connectivity index (χ0) is 17.1. The second kappa shape index (κ2) is 6.45. The maximum absolute atomic E-state index is 11.3. The van der Waals surface area contributed by atoms with Gasteiger partial charge >= 0.3 is 6.09 Å². The molecular formula is C18H17N3O3. The van der Waals surface area contributed by atoms with Gasteiger partial charge in [-0.2, -0.15) is 0 Å². The zero-order valence-electron chi connectivity index (χ0n) is 13.4. The van der Waals surface area contributed by atoms with Crippen LogP contribution < -0.4 is 10.1 Å². The number of ether oxygens (including phenoxy) is 2. The minimum atomic E-state index is -0.572. The summed E-state index contributed by atoms with van der Waals surface area (Å²) in [7, 11) is 2.93. The van der Waals surface area contributed by atoms with Crippen LogP contribution in [0.2, 0.25) is 0 Å². The van der Waals surface area contributed by atoms with Crippen molar-refractivity contribution in [2.75, 3.05) is 19.5 Å². The lowest BCUT2D eigenvalue weighted by Gasteiger charge is -2.07. The van der Waals surface area contributed by atoms with Gasteiger partial charge in [0.05, 0.1) is 25.3 Å². The van der Waals surface area contributed by atoms with Crippen molar-refractivity contribution in [1.29, 1.82) is 0 Å². The standard InChI is InChI=1S/C18H17N3O3/c1-11(12-4-7-14(23-2)8-5-12)13-6-9-15-16(10-13)20-17(19-15)21-18(22)24-3/h4-10H,1H2,2-3H3,(H2,19,20,21,22). The number of methoxy groups -OCH3 is 2. The van der Waals surface area contributed by atoms with E-state index in [0.29, 0.717) is 5.95 Å². The molecule has 2 aromatic carbocycles. The fourth-order valence-corrected chi connectivity index (χ4v) is 2.36. The van der Waals surface area contributed by atoms with E-state index in [1.165, 1.54) is 7.11 Å². The molecule has 24 heavy (non-hydrogen) atoms. The third kappa shape index (κ3) is 3.08. The lowest BCUT2D eigenvalue weighted by molar-refractivity contribution is 0.186. The first-order valence-electron chi connectivity index (χ1n) is 7.29. The number of fused-ring (bicyclic) bond motifs is 1. The molecule has 2 N–H and O–H groups in total. The lowest BCUT2D eigenvalue weighted by atomic mass is 9.99. The number of aromatic amines is 1. The van der Waals surface area contributed by atoms with E-state index in [2.05, 4.69) is 26.6 Å². The summed E-state index contributed by atoms with van der Waals surface area (Å²) < 4.78 is 9.72. The van der Waals surface area contributed by atoms with E-state index < -0.39 is 6.09 Å². The smallest absolute Gasteiger partial charge is 0.413 e. The summed E-state index contributed by atoms with van der Waals surface area (Å²) in [5, 5.41) is 2.51. The molecule has 3 rings (SSSR count). The number of nitrogens with zero attached hydrogens (tertiary/aromatic N) is 1. The first-order chi connectivity index (χ1) is 11.6. The predicted molar refractivity (Wildman–Crippen MR) is 93.3 cm³/mol. The number of H-pyrrole nitrogens is 1. The second-order valence-electron chi connectivity index (χ2n) is 5.14. The Morgan fingerprint density at radius 2 is 1.83 bits per heavy atom.